The van der Waals surface area contributed by atoms with E-state index < -0.39 is 11.9 Å². The van der Waals surface area contributed by atoms with Crippen LogP contribution in [-0.2, 0) is 11.2 Å². The molecule has 0 bridgehead atoms. The third-order valence-corrected chi connectivity index (χ3v) is 7.01. The lowest BCUT2D eigenvalue weighted by Crippen LogP contribution is -2.42. The van der Waals surface area contributed by atoms with Crippen molar-refractivity contribution < 1.29 is 18.7 Å². The molecule has 36 heavy (non-hydrogen) atoms. The highest BCUT2D eigenvalue weighted by molar-refractivity contribution is 5.92. The van der Waals surface area contributed by atoms with E-state index in [1.165, 1.54) is 19.2 Å². The van der Waals surface area contributed by atoms with Gasteiger partial charge in [-0.1, -0.05) is 6.07 Å². The lowest BCUT2D eigenvalue weighted by Gasteiger charge is -2.35. The molecule has 1 N–H and O–H groups in total. The molecule has 0 radical (unpaired) electrons. The summed E-state index contributed by atoms with van der Waals surface area (Å²) in [6.45, 7) is 3.87. The van der Waals surface area contributed by atoms with Gasteiger partial charge in [-0.05, 0) is 70.0 Å². The molecule has 0 saturated carbocycles. The number of fused-ring (bicyclic) bond motifs is 1. The highest BCUT2D eigenvalue weighted by Crippen LogP contribution is 2.45. The number of hydrogen-bond acceptors (Lipinski definition) is 6. The second-order valence-corrected chi connectivity index (χ2v) is 9.18. The van der Waals surface area contributed by atoms with Gasteiger partial charge in [-0.2, -0.15) is 10.4 Å². The zero-order valence-electron chi connectivity index (χ0n) is 20.3. The van der Waals surface area contributed by atoms with Crippen molar-refractivity contribution in [1.29, 1.82) is 5.26 Å². The summed E-state index contributed by atoms with van der Waals surface area (Å²) in [5, 5.41) is 17.6. The molecule has 1 saturated heterocycles. The summed E-state index contributed by atoms with van der Waals surface area (Å²) in [7, 11) is 1.36. The van der Waals surface area contributed by atoms with E-state index in [-0.39, 0.29) is 17.4 Å². The predicted molar refractivity (Wildman–Crippen MR) is 133 cm³/mol. The highest BCUT2D eigenvalue weighted by Gasteiger charge is 2.33. The summed E-state index contributed by atoms with van der Waals surface area (Å²) >= 11 is 0. The van der Waals surface area contributed by atoms with E-state index in [0.29, 0.717) is 30.3 Å². The Hall–Kier alpha value is -3.90. The van der Waals surface area contributed by atoms with Crippen molar-refractivity contribution in [2.75, 3.05) is 25.1 Å². The van der Waals surface area contributed by atoms with Crippen molar-refractivity contribution in [2.45, 2.75) is 44.7 Å². The fourth-order valence-corrected chi connectivity index (χ4v) is 5.08. The van der Waals surface area contributed by atoms with Crippen LogP contribution in [0.1, 0.15) is 43.4 Å². The fourth-order valence-electron chi connectivity index (χ4n) is 5.08. The Bertz CT molecular complexity index is 1330. The number of ether oxygens (including phenoxy) is 2. The van der Waals surface area contributed by atoms with Gasteiger partial charge in [0.05, 0.1) is 25.0 Å². The number of anilines is 1. The van der Waals surface area contributed by atoms with Gasteiger partial charge in [-0.3, -0.25) is 9.58 Å². The standard InChI is InChI=1S/C27H28FN5O3/c1-17-6-7-21-24(33(17)27(34)35-2)9-8-20(18-15-31-32(16-18)19-10-12-30-13-11-19)26(21)36-25-5-3-4-23(28)22(25)14-29/h3-5,8-9,15-17,19,30H,6-7,10-13H2,1-2H3/t17-/m0/s1. The van der Waals surface area contributed by atoms with Crippen LogP contribution >= 0.6 is 0 Å². The number of piperidine rings is 1. The Morgan fingerprint density at radius 3 is 2.78 bits per heavy atom. The monoisotopic (exact) mass is 489 g/mol. The average Bonchev–Trinajstić information content (AvgIpc) is 3.39. The van der Waals surface area contributed by atoms with Crippen LogP contribution in [-0.4, -0.2) is 42.1 Å². The van der Waals surface area contributed by atoms with Crippen molar-refractivity contribution in [1.82, 2.24) is 15.1 Å². The van der Waals surface area contributed by atoms with Gasteiger partial charge in [0, 0.05) is 28.9 Å². The molecule has 8 nitrogen and oxygen atoms in total. The second kappa shape index (κ2) is 9.99. The molecule has 9 heteroatoms. The molecule has 3 heterocycles. The Morgan fingerprint density at radius 1 is 1.22 bits per heavy atom. The number of methoxy groups -OCH3 is 1. The van der Waals surface area contributed by atoms with Crippen molar-refractivity contribution >= 4 is 11.8 Å². The average molecular weight is 490 g/mol. The first kappa shape index (κ1) is 23.8. The summed E-state index contributed by atoms with van der Waals surface area (Å²) in [5.74, 6) is -0.0358. The second-order valence-electron chi connectivity index (χ2n) is 9.18. The number of halogens is 1. The lowest BCUT2D eigenvalue weighted by atomic mass is 9.92. The molecule has 3 aromatic rings. The first-order valence-corrected chi connectivity index (χ1v) is 12.2. The molecule has 2 aromatic carbocycles. The van der Waals surface area contributed by atoms with Gasteiger partial charge in [0.25, 0.3) is 0 Å². The van der Waals surface area contributed by atoms with Gasteiger partial charge in [-0.25, -0.2) is 9.18 Å². The Kier molecular flexibility index (Phi) is 6.61. The maximum absolute atomic E-state index is 14.4. The van der Waals surface area contributed by atoms with Crippen LogP contribution < -0.4 is 15.0 Å². The van der Waals surface area contributed by atoms with E-state index in [2.05, 4.69) is 10.4 Å². The lowest BCUT2D eigenvalue weighted by molar-refractivity contribution is 0.175. The summed E-state index contributed by atoms with van der Waals surface area (Å²) < 4.78 is 27.8. The number of nitrogens with zero attached hydrogens (tertiary/aromatic N) is 4. The summed E-state index contributed by atoms with van der Waals surface area (Å²) in [6, 6.07) is 10.3. The molecule has 2 aliphatic rings. The van der Waals surface area contributed by atoms with E-state index in [1.54, 1.807) is 17.2 Å². The van der Waals surface area contributed by atoms with Crippen LogP contribution in [0.2, 0.25) is 0 Å². The van der Waals surface area contributed by atoms with Gasteiger partial charge < -0.3 is 14.8 Å². The minimum absolute atomic E-state index is 0.0600. The van der Waals surface area contributed by atoms with E-state index in [0.717, 1.165) is 42.6 Å². The Morgan fingerprint density at radius 2 is 2.03 bits per heavy atom. The Labute approximate surface area is 209 Å². The number of nitriles is 1. The number of aromatic nitrogens is 2. The van der Waals surface area contributed by atoms with Crippen molar-refractivity contribution in [3.63, 3.8) is 0 Å². The summed E-state index contributed by atoms with van der Waals surface area (Å²) in [5.41, 5.74) is 2.94. The number of benzene rings is 2. The number of carbonyl (C=O) groups is 1. The predicted octanol–water partition coefficient (Wildman–Crippen LogP) is 5.19. The zero-order chi connectivity index (χ0) is 25.2. The topological polar surface area (TPSA) is 92.4 Å². The maximum atomic E-state index is 14.4. The minimum Gasteiger partial charge on any atom is -0.455 e. The number of rotatable bonds is 4. The summed E-state index contributed by atoms with van der Waals surface area (Å²) in [6.07, 6.45) is 6.69. The largest absolute Gasteiger partial charge is 0.455 e. The summed E-state index contributed by atoms with van der Waals surface area (Å²) in [4.78, 5) is 14.3. The minimum atomic E-state index is -0.648. The van der Waals surface area contributed by atoms with Crippen LogP contribution in [0.15, 0.2) is 42.7 Å². The third kappa shape index (κ3) is 4.29. The van der Waals surface area contributed by atoms with Crippen molar-refractivity contribution in [3.8, 4) is 28.7 Å². The zero-order valence-corrected chi connectivity index (χ0v) is 20.3. The molecule has 5 rings (SSSR count). The van der Waals surface area contributed by atoms with Crippen LogP contribution in [0.3, 0.4) is 0 Å². The first-order valence-electron chi connectivity index (χ1n) is 12.2. The van der Waals surface area contributed by atoms with Crippen LogP contribution in [0.5, 0.6) is 11.5 Å². The third-order valence-electron chi connectivity index (χ3n) is 7.01. The quantitative estimate of drug-likeness (QED) is 0.543. The van der Waals surface area contributed by atoms with Gasteiger partial charge in [0.15, 0.2) is 0 Å². The molecule has 1 fully saturated rings. The molecule has 1 atom stereocenters. The SMILES string of the molecule is COC(=O)N1c2ccc(-c3cnn(C4CCNCC4)c3)c(Oc3cccc(F)c3C#N)c2CC[C@@H]1C. The van der Waals surface area contributed by atoms with Crippen LogP contribution in [0.25, 0.3) is 11.1 Å². The van der Waals surface area contributed by atoms with Crippen LogP contribution in [0.4, 0.5) is 14.9 Å². The van der Waals surface area contributed by atoms with E-state index in [4.69, 9.17) is 9.47 Å². The Balaban J connectivity index is 1.64. The van der Waals surface area contributed by atoms with Gasteiger partial charge in [0.2, 0.25) is 0 Å². The molecule has 2 aliphatic heterocycles. The van der Waals surface area contributed by atoms with Crippen molar-refractivity contribution in [2.24, 2.45) is 0 Å². The van der Waals surface area contributed by atoms with Crippen LogP contribution in [0, 0.1) is 17.1 Å². The molecule has 0 unspecified atom stereocenters. The van der Waals surface area contributed by atoms with Crippen molar-refractivity contribution in [3.05, 3.63) is 59.7 Å². The van der Waals surface area contributed by atoms with E-state index in [9.17, 15) is 14.4 Å². The normalized spacial score (nSPS) is 17.8. The number of amides is 1. The van der Waals surface area contributed by atoms with Gasteiger partial charge >= 0.3 is 6.09 Å². The first-order chi connectivity index (χ1) is 17.5. The van der Waals surface area contributed by atoms with E-state index in [1.807, 2.05) is 36.0 Å². The number of hydrogen-bond donors (Lipinski definition) is 1. The molecule has 0 aliphatic carbocycles. The molecule has 1 amide bonds. The molecule has 1 aromatic heterocycles. The smallest absolute Gasteiger partial charge is 0.414 e. The van der Waals surface area contributed by atoms with E-state index >= 15 is 0 Å². The highest BCUT2D eigenvalue weighted by atomic mass is 19.1. The molecular formula is C27H28FN5O3. The molecule has 186 valence electrons. The van der Waals surface area contributed by atoms with Gasteiger partial charge in [-0.15, -0.1) is 0 Å². The number of nitrogens with one attached hydrogen (secondary N) is 1. The number of carbonyl (C=O) groups excluding carboxylic acids is 1. The molecule has 0 spiro atoms. The van der Waals surface area contributed by atoms with Gasteiger partial charge in [0.1, 0.15) is 28.9 Å². The maximum Gasteiger partial charge on any atom is 0.414 e. The fraction of sp³-hybridized carbons (Fsp3) is 0.370. The molecular weight excluding hydrogens is 461 g/mol.